The van der Waals surface area contributed by atoms with Gasteiger partial charge in [0.2, 0.25) is 17.7 Å². The minimum Gasteiger partial charge on any atom is -0.350 e. The van der Waals surface area contributed by atoms with Crippen LogP contribution < -0.4 is 10.6 Å². The number of likely N-dealkylation sites (tertiary alicyclic amines) is 1. The van der Waals surface area contributed by atoms with Crippen molar-refractivity contribution in [2.24, 2.45) is 5.92 Å². The van der Waals surface area contributed by atoms with Gasteiger partial charge in [0.15, 0.2) is 0 Å². The Morgan fingerprint density at radius 2 is 1.67 bits per heavy atom. The molecule has 0 saturated carbocycles. The van der Waals surface area contributed by atoms with E-state index in [0.29, 0.717) is 19.5 Å². The third-order valence-electron chi connectivity index (χ3n) is 5.25. The molecule has 0 aliphatic carbocycles. The molecule has 1 aliphatic heterocycles. The highest BCUT2D eigenvalue weighted by Gasteiger charge is 2.32. The molecule has 0 spiro atoms. The van der Waals surface area contributed by atoms with E-state index in [2.05, 4.69) is 10.6 Å². The van der Waals surface area contributed by atoms with Gasteiger partial charge in [-0.25, -0.2) is 0 Å². The maximum atomic E-state index is 13.1. The summed E-state index contributed by atoms with van der Waals surface area (Å²) in [6.45, 7) is 4.63. The van der Waals surface area contributed by atoms with Crippen LogP contribution in [0.5, 0.6) is 0 Å². The SMILES string of the molecule is CC(C)C(=O)Nc1ccc(CNC(=O)C(c2ccccc2)N2CCCCC2=O)cc1. The molecule has 2 aromatic rings. The van der Waals surface area contributed by atoms with Gasteiger partial charge in [0, 0.05) is 31.1 Å². The second-order valence-corrected chi connectivity index (χ2v) is 7.92. The molecule has 2 aromatic carbocycles. The zero-order valence-corrected chi connectivity index (χ0v) is 17.6. The minimum atomic E-state index is -0.622. The average Bonchev–Trinajstić information content (AvgIpc) is 2.75. The van der Waals surface area contributed by atoms with E-state index in [1.807, 2.05) is 68.4 Å². The van der Waals surface area contributed by atoms with Crippen LogP contribution in [0.2, 0.25) is 0 Å². The molecule has 2 N–H and O–H groups in total. The Morgan fingerprint density at radius 1 is 0.967 bits per heavy atom. The maximum Gasteiger partial charge on any atom is 0.247 e. The number of hydrogen-bond acceptors (Lipinski definition) is 3. The molecule has 6 nitrogen and oxygen atoms in total. The van der Waals surface area contributed by atoms with E-state index in [1.165, 1.54) is 0 Å². The van der Waals surface area contributed by atoms with Gasteiger partial charge in [-0.1, -0.05) is 56.3 Å². The molecule has 6 heteroatoms. The number of carbonyl (C=O) groups excluding carboxylic acids is 3. The lowest BCUT2D eigenvalue weighted by molar-refractivity contribution is -0.142. The van der Waals surface area contributed by atoms with Crippen molar-refractivity contribution in [3.63, 3.8) is 0 Å². The van der Waals surface area contributed by atoms with Crippen LogP contribution in [0.1, 0.15) is 50.3 Å². The number of rotatable bonds is 7. The number of nitrogens with zero attached hydrogens (tertiary/aromatic N) is 1. The number of piperidine rings is 1. The Balaban J connectivity index is 1.67. The van der Waals surface area contributed by atoms with Crippen LogP contribution in [0, 0.1) is 5.92 Å². The van der Waals surface area contributed by atoms with Crippen molar-refractivity contribution in [2.45, 2.75) is 45.7 Å². The lowest BCUT2D eigenvalue weighted by Crippen LogP contribution is -2.45. The maximum absolute atomic E-state index is 13.1. The van der Waals surface area contributed by atoms with E-state index < -0.39 is 6.04 Å². The quantitative estimate of drug-likeness (QED) is 0.735. The molecule has 1 unspecified atom stereocenters. The Labute approximate surface area is 177 Å². The standard InChI is InChI=1S/C24H29N3O3/c1-17(2)23(29)26-20-13-11-18(12-14-20)16-25-24(30)22(19-8-4-3-5-9-19)27-15-7-6-10-21(27)28/h3-5,8-9,11-14,17,22H,6-7,10,15-16H2,1-2H3,(H,25,30)(H,26,29). The zero-order chi connectivity index (χ0) is 21.5. The van der Waals surface area contributed by atoms with Gasteiger partial charge >= 0.3 is 0 Å². The van der Waals surface area contributed by atoms with E-state index in [4.69, 9.17) is 0 Å². The molecule has 1 saturated heterocycles. The lowest BCUT2D eigenvalue weighted by Gasteiger charge is -2.34. The first-order valence-corrected chi connectivity index (χ1v) is 10.5. The third kappa shape index (κ3) is 5.47. The molecule has 1 fully saturated rings. The highest BCUT2D eigenvalue weighted by molar-refractivity contribution is 5.92. The van der Waals surface area contributed by atoms with E-state index in [1.54, 1.807) is 4.90 Å². The molecule has 30 heavy (non-hydrogen) atoms. The molecule has 3 amide bonds. The Kier molecular flexibility index (Phi) is 7.22. The molecule has 158 valence electrons. The summed E-state index contributed by atoms with van der Waals surface area (Å²) < 4.78 is 0. The van der Waals surface area contributed by atoms with Gasteiger partial charge in [0.05, 0.1) is 0 Å². The number of anilines is 1. The molecule has 0 bridgehead atoms. The van der Waals surface area contributed by atoms with Crippen molar-refractivity contribution in [2.75, 3.05) is 11.9 Å². The van der Waals surface area contributed by atoms with Gasteiger partial charge in [-0.15, -0.1) is 0 Å². The highest BCUT2D eigenvalue weighted by Crippen LogP contribution is 2.26. The fraction of sp³-hybridized carbons (Fsp3) is 0.375. The normalized spacial score (nSPS) is 15.0. The Hall–Kier alpha value is -3.15. The van der Waals surface area contributed by atoms with Gasteiger partial charge in [-0.2, -0.15) is 0 Å². The van der Waals surface area contributed by atoms with Gasteiger partial charge in [-0.05, 0) is 36.1 Å². The smallest absolute Gasteiger partial charge is 0.247 e. The summed E-state index contributed by atoms with van der Waals surface area (Å²) in [5.74, 6) is -0.284. The summed E-state index contributed by atoms with van der Waals surface area (Å²) in [4.78, 5) is 39.1. The van der Waals surface area contributed by atoms with Crippen LogP contribution in [0.25, 0.3) is 0 Å². The molecular weight excluding hydrogens is 378 g/mol. The largest absolute Gasteiger partial charge is 0.350 e. The lowest BCUT2D eigenvalue weighted by atomic mass is 10.0. The van der Waals surface area contributed by atoms with Gasteiger partial charge < -0.3 is 15.5 Å². The summed E-state index contributed by atoms with van der Waals surface area (Å²) in [5, 5.41) is 5.82. The van der Waals surface area contributed by atoms with Crippen molar-refractivity contribution in [1.29, 1.82) is 0 Å². The van der Waals surface area contributed by atoms with E-state index in [9.17, 15) is 14.4 Å². The van der Waals surface area contributed by atoms with Crippen LogP contribution >= 0.6 is 0 Å². The topological polar surface area (TPSA) is 78.5 Å². The molecule has 0 aromatic heterocycles. The molecule has 1 heterocycles. The van der Waals surface area contributed by atoms with E-state index in [0.717, 1.165) is 29.7 Å². The predicted molar refractivity (Wildman–Crippen MR) is 117 cm³/mol. The fourth-order valence-electron chi connectivity index (χ4n) is 3.49. The predicted octanol–water partition coefficient (Wildman–Crippen LogP) is 3.65. The van der Waals surface area contributed by atoms with Crippen LogP contribution in [-0.4, -0.2) is 29.2 Å². The van der Waals surface area contributed by atoms with Crippen molar-refractivity contribution < 1.29 is 14.4 Å². The average molecular weight is 408 g/mol. The molecule has 1 aliphatic rings. The number of nitrogens with one attached hydrogen (secondary N) is 2. The summed E-state index contributed by atoms with van der Waals surface area (Å²) in [7, 11) is 0. The van der Waals surface area contributed by atoms with Crippen LogP contribution in [0.4, 0.5) is 5.69 Å². The zero-order valence-electron chi connectivity index (χ0n) is 17.6. The number of amides is 3. The summed E-state index contributed by atoms with van der Waals surface area (Å²) in [5.41, 5.74) is 2.46. The highest BCUT2D eigenvalue weighted by atomic mass is 16.2. The number of carbonyl (C=O) groups is 3. The Morgan fingerprint density at radius 3 is 2.30 bits per heavy atom. The third-order valence-corrected chi connectivity index (χ3v) is 5.25. The van der Waals surface area contributed by atoms with Gasteiger partial charge in [0.1, 0.15) is 6.04 Å². The van der Waals surface area contributed by atoms with E-state index >= 15 is 0 Å². The second kappa shape index (κ2) is 10.1. The van der Waals surface area contributed by atoms with Crippen LogP contribution in [0.3, 0.4) is 0 Å². The van der Waals surface area contributed by atoms with Crippen molar-refractivity contribution in [3.05, 3.63) is 65.7 Å². The first-order chi connectivity index (χ1) is 14.5. The Bertz CT molecular complexity index is 878. The van der Waals surface area contributed by atoms with Crippen molar-refractivity contribution in [1.82, 2.24) is 10.2 Å². The fourth-order valence-corrected chi connectivity index (χ4v) is 3.49. The van der Waals surface area contributed by atoms with E-state index in [-0.39, 0.29) is 23.6 Å². The van der Waals surface area contributed by atoms with Crippen LogP contribution in [0.15, 0.2) is 54.6 Å². The first-order valence-electron chi connectivity index (χ1n) is 10.5. The summed E-state index contributed by atoms with van der Waals surface area (Å²) in [6.07, 6.45) is 2.27. The van der Waals surface area contributed by atoms with Gasteiger partial charge in [0.25, 0.3) is 0 Å². The summed E-state index contributed by atoms with van der Waals surface area (Å²) >= 11 is 0. The minimum absolute atomic E-state index is 0.0236. The van der Waals surface area contributed by atoms with Crippen LogP contribution in [-0.2, 0) is 20.9 Å². The second-order valence-electron chi connectivity index (χ2n) is 7.92. The molecular formula is C24H29N3O3. The molecule has 0 radical (unpaired) electrons. The van der Waals surface area contributed by atoms with Crippen molar-refractivity contribution in [3.8, 4) is 0 Å². The first kappa shape index (κ1) is 21.6. The summed E-state index contributed by atoms with van der Waals surface area (Å²) in [6, 6.07) is 16.2. The molecule has 1 atom stereocenters. The molecule has 3 rings (SSSR count). The monoisotopic (exact) mass is 407 g/mol. The number of benzene rings is 2. The van der Waals surface area contributed by atoms with Gasteiger partial charge in [-0.3, -0.25) is 14.4 Å². The number of hydrogen-bond donors (Lipinski definition) is 2. The van der Waals surface area contributed by atoms with Crippen molar-refractivity contribution >= 4 is 23.4 Å².